The molecule has 0 spiro atoms. The molecule has 0 atom stereocenters. The highest BCUT2D eigenvalue weighted by molar-refractivity contribution is 9.10. The first-order chi connectivity index (χ1) is 5.70. The van der Waals surface area contributed by atoms with Crippen molar-refractivity contribution in [2.75, 3.05) is 0 Å². The quantitative estimate of drug-likeness (QED) is 0.681. The summed E-state index contributed by atoms with van der Waals surface area (Å²) in [5, 5.41) is 0. The highest BCUT2D eigenvalue weighted by Gasteiger charge is 1.86. The lowest BCUT2D eigenvalue weighted by Crippen LogP contribution is -1.68. The Balaban J connectivity index is 0.000000261. The highest BCUT2D eigenvalue weighted by atomic mass is 79.9. The first-order valence-electron chi connectivity index (χ1n) is 3.55. The van der Waals surface area contributed by atoms with Crippen molar-refractivity contribution in [1.29, 1.82) is 0 Å². The van der Waals surface area contributed by atoms with Gasteiger partial charge in [0, 0.05) is 10.9 Å². The topological polar surface area (TPSA) is 17.1 Å². The molecule has 0 aliphatic carbocycles. The number of carbonyl (C=O) groups is 1. The number of aldehydes is 1. The number of hydrogen-bond donors (Lipinski definition) is 0. The number of rotatable bonds is 1. The maximum Gasteiger partial charge on any atom is 0.124 e. The van der Waals surface area contributed by atoms with Crippen LogP contribution in [0.4, 0.5) is 4.39 Å². The molecule has 0 radical (unpaired) electrons. The van der Waals surface area contributed by atoms with Crippen molar-refractivity contribution in [1.82, 2.24) is 0 Å². The van der Waals surface area contributed by atoms with Crippen LogP contribution >= 0.6 is 15.9 Å². The van der Waals surface area contributed by atoms with Gasteiger partial charge >= 0.3 is 0 Å². The van der Waals surface area contributed by atoms with Gasteiger partial charge in [-0.2, -0.15) is 0 Å². The number of carbonyl (C=O) groups excluding carboxylic acids is 1. The first kappa shape index (κ1) is 11.3. The minimum Gasteiger partial charge on any atom is -0.303 e. The molecule has 0 aromatic heterocycles. The molecule has 0 heterocycles. The van der Waals surface area contributed by atoms with Gasteiger partial charge in [0.1, 0.15) is 12.1 Å². The second kappa shape index (κ2) is 6.98. The summed E-state index contributed by atoms with van der Waals surface area (Å²) in [5.74, 6) is -0.209. The summed E-state index contributed by atoms with van der Waals surface area (Å²) in [4.78, 5) is 9.17. The summed E-state index contributed by atoms with van der Waals surface area (Å²) < 4.78 is 12.9. The van der Waals surface area contributed by atoms with E-state index >= 15 is 0 Å². The van der Waals surface area contributed by atoms with Crippen LogP contribution in [0.25, 0.3) is 0 Å². The van der Waals surface area contributed by atoms with Gasteiger partial charge in [-0.15, -0.1) is 0 Å². The van der Waals surface area contributed by atoms with E-state index < -0.39 is 0 Å². The summed E-state index contributed by atoms with van der Waals surface area (Å²) in [5.41, 5.74) is 0. The van der Waals surface area contributed by atoms with E-state index in [1.165, 1.54) is 12.1 Å². The summed E-state index contributed by atoms with van der Waals surface area (Å²) in [6.07, 6.45) is 1.51. The molecule has 0 unspecified atom stereocenters. The van der Waals surface area contributed by atoms with Crippen LogP contribution in [0.1, 0.15) is 13.3 Å². The van der Waals surface area contributed by atoms with Crippen LogP contribution in [0.15, 0.2) is 28.7 Å². The minimum absolute atomic E-state index is 0.209. The Morgan fingerprint density at radius 1 is 1.58 bits per heavy atom. The SMILES string of the molecule is CCC=O.Fc1cccc(Br)c1. The van der Waals surface area contributed by atoms with Gasteiger partial charge in [-0.25, -0.2) is 4.39 Å². The molecule has 0 N–H and O–H groups in total. The molecule has 66 valence electrons. The van der Waals surface area contributed by atoms with Gasteiger partial charge in [0.15, 0.2) is 0 Å². The molecule has 0 saturated heterocycles. The molecule has 0 amide bonds. The number of hydrogen-bond acceptors (Lipinski definition) is 1. The average Bonchev–Trinajstić information content (AvgIpc) is 2.04. The predicted octanol–water partition coefficient (Wildman–Crippen LogP) is 3.18. The Morgan fingerprint density at radius 3 is 2.42 bits per heavy atom. The van der Waals surface area contributed by atoms with E-state index in [0.29, 0.717) is 6.42 Å². The van der Waals surface area contributed by atoms with Gasteiger partial charge in [-0.05, 0) is 18.2 Å². The van der Waals surface area contributed by atoms with Crippen LogP contribution in [0.2, 0.25) is 0 Å². The molecular weight excluding hydrogens is 223 g/mol. The van der Waals surface area contributed by atoms with E-state index in [0.717, 1.165) is 10.8 Å². The van der Waals surface area contributed by atoms with Crippen molar-refractivity contribution in [3.8, 4) is 0 Å². The molecule has 0 bridgehead atoms. The van der Waals surface area contributed by atoms with Crippen molar-refractivity contribution < 1.29 is 9.18 Å². The molecule has 0 saturated carbocycles. The lowest BCUT2D eigenvalue weighted by Gasteiger charge is -1.85. The normalized spacial score (nSPS) is 8.25. The van der Waals surface area contributed by atoms with Crippen molar-refractivity contribution in [2.24, 2.45) is 0 Å². The van der Waals surface area contributed by atoms with Crippen LogP contribution in [0.3, 0.4) is 0 Å². The monoisotopic (exact) mass is 232 g/mol. The van der Waals surface area contributed by atoms with Gasteiger partial charge in [0.05, 0.1) is 0 Å². The van der Waals surface area contributed by atoms with Gasteiger partial charge in [0.2, 0.25) is 0 Å². The fraction of sp³-hybridized carbons (Fsp3) is 0.222. The molecule has 0 aliphatic rings. The van der Waals surface area contributed by atoms with E-state index in [1.54, 1.807) is 12.1 Å². The Kier molecular flexibility index (Phi) is 6.57. The van der Waals surface area contributed by atoms with E-state index in [-0.39, 0.29) is 5.82 Å². The number of halogens is 2. The van der Waals surface area contributed by atoms with Crippen LogP contribution in [0, 0.1) is 5.82 Å². The predicted molar refractivity (Wildman–Crippen MR) is 50.5 cm³/mol. The van der Waals surface area contributed by atoms with E-state index in [1.807, 2.05) is 6.92 Å². The molecular formula is C9H10BrFO. The van der Waals surface area contributed by atoms with Gasteiger partial charge in [-0.1, -0.05) is 28.9 Å². The van der Waals surface area contributed by atoms with Crippen LogP contribution < -0.4 is 0 Å². The molecule has 1 rings (SSSR count). The minimum atomic E-state index is -0.209. The Labute approximate surface area is 79.7 Å². The summed E-state index contributed by atoms with van der Waals surface area (Å²) >= 11 is 3.12. The standard InChI is InChI=1S/C6H4BrF.C3H6O/c7-5-2-1-3-6(8)4-5;1-2-3-4/h1-4H;3H,2H2,1H3. The third kappa shape index (κ3) is 6.04. The molecule has 1 nitrogen and oxygen atoms in total. The van der Waals surface area contributed by atoms with Crippen LogP contribution in [-0.2, 0) is 4.79 Å². The van der Waals surface area contributed by atoms with E-state index in [4.69, 9.17) is 0 Å². The summed E-state index contributed by atoms with van der Waals surface area (Å²) in [7, 11) is 0. The molecule has 3 heteroatoms. The molecule has 0 aliphatic heterocycles. The number of benzene rings is 1. The second-order valence-electron chi connectivity index (χ2n) is 2.01. The zero-order chi connectivity index (χ0) is 9.40. The Morgan fingerprint density at radius 2 is 2.17 bits per heavy atom. The molecule has 1 aromatic carbocycles. The lowest BCUT2D eigenvalue weighted by atomic mass is 10.4. The zero-order valence-electron chi connectivity index (χ0n) is 6.76. The van der Waals surface area contributed by atoms with Gasteiger partial charge < -0.3 is 4.79 Å². The van der Waals surface area contributed by atoms with Crippen molar-refractivity contribution >= 4 is 22.2 Å². The van der Waals surface area contributed by atoms with Crippen molar-refractivity contribution in [3.05, 3.63) is 34.6 Å². The van der Waals surface area contributed by atoms with Crippen molar-refractivity contribution in [2.45, 2.75) is 13.3 Å². The molecule has 12 heavy (non-hydrogen) atoms. The van der Waals surface area contributed by atoms with Gasteiger partial charge in [-0.3, -0.25) is 0 Å². The largest absolute Gasteiger partial charge is 0.303 e. The Bertz CT molecular complexity index is 220. The fourth-order valence-electron chi connectivity index (χ4n) is 0.460. The smallest absolute Gasteiger partial charge is 0.124 e. The maximum absolute atomic E-state index is 12.1. The van der Waals surface area contributed by atoms with E-state index in [2.05, 4.69) is 15.9 Å². The fourth-order valence-corrected chi connectivity index (χ4v) is 0.831. The zero-order valence-corrected chi connectivity index (χ0v) is 8.34. The molecule has 1 aromatic rings. The summed E-state index contributed by atoms with van der Waals surface area (Å²) in [6.45, 7) is 1.81. The second-order valence-corrected chi connectivity index (χ2v) is 2.93. The van der Waals surface area contributed by atoms with Crippen LogP contribution in [0.5, 0.6) is 0 Å². The average molecular weight is 233 g/mol. The third-order valence-electron chi connectivity index (χ3n) is 0.953. The van der Waals surface area contributed by atoms with Crippen LogP contribution in [-0.4, -0.2) is 6.29 Å². The van der Waals surface area contributed by atoms with Gasteiger partial charge in [0.25, 0.3) is 0 Å². The van der Waals surface area contributed by atoms with E-state index in [9.17, 15) is 9.18 Å². The lowest BCUT2D eigenvalue weighted by molar-refractivity contribution is -0.107. The maximum atomic E-state index is 12.1. The summed E-state index contributed by atoms with van der Waals surface area (Å²) in [6, 6.07) is 6.26. The third-order valence-corrected chi connectivity index (χ3v) is 1.45. The molecule has 0 fully saturated rings. The Hall–Kier alpha value is -0.700. The first-order valence-corrected chi connectivity index (χ1v) is 4.34. The highest BCUT2D eigenvalue weighted by Crippen LogP contribution is 2.09. The van der Waals surface area contributed by atoms with Crippen molar-refractivity contribution in [3.63, 3.8) is 0 Å².